The molecule has 0 aliphatic carbocycles. The van der Waals surface area contributed by atoms with Crippen LogP contribution in [0.4, 0.5) is 18.9 Å². The zero-order valence-corrected chi connectivity index (χ0v) is 13.9. The maximum absolute atomic E-state index is 12.8. The van der Waals surface area contributed by atoms with Crippen LogP contribution >= 0.6 is 0 Å². The standard InChI is InChI=1S/C16H16F3NO3S/c1-23-15-8-6-14(7-9-15)20(24(2,21)22)11-12-4-3-5-13(10-12)16(17,18)19/h3-10H,11H2,1-2H3. The lowest BCUT2D eigenvalue weighted by molar-refractivity contribution is -0.137. The number of hydrogen-bond acceptors (Lipinski definition) is 3. The Morgan fingerprint density at radius 3 is 2.21 bits per heavy atom. The van der Waals surface area contributed by atoms with Crippen LogP contribution in [0, 0.1) is 0 Å². The molecule has 8 heteroatoms. The van der Waals surface area contributed by atoms with Gasteiger partial charge in [-0.3, -0.25) is 4.31 Å². The summed E-state index contributed by atoms with van der Waals surface area (Å²) in [4.78, 5) is 0. The van der Waals surface area contributed by atoms with Crippen LogP contribution in [0.15, 0.2) is 48.5 Å². The van der Waals surface area contributed by atoms with E-state index in [-0.39, 0.29) is 12.1 Å². The molecule has 2 aromatic carbocycles. The number of hydrogen-bond donors (Lipinski definition) is 0. The molecule has 0 heterocycles. The van der Waals surface area contributed by atoms with E-state index in [2.05, 4.69) is 0 Å². The van der Waals surface area contributed by atoms with Crippen LogP contribution in [0.25, 0.3) is 0 Å². The van der Waals surface area contributed by atoms with E-state index in [1.165, 1.54) is 31.4 Å². The summed E-state index contributed by atoms with van der Waals surface area (Å²) in [5, 5.41) is 0. The Bertz CT molecular complexity index is 802. The lowest BCUT2D eigenvalue weighted by Gasteiger charge is -2.23. The van der Waals surface area contributed by atoms with Crippen molar-refractivity contribution < 1.29 is 26.3 Å². The molecule has 2 rings (SSSR count). The number of rotatable bonds is 5. The minimum Gasteiger partial charge on any atom is -0.497 e. The Kier molecular flexibility index (Phi) is 5.08. The average Bonchev–Trinajstić information content (AvgIpc) is 2.51. The molecule has 0 fully saturated rings. The first-order chi connectivity index (χ1) is 11.1. The first-order valence-corrected chi connectivity index (χ1v) is 8.74. The lowest BCUT2D eigenvalue weighted by Crippen LogP contribution is -2.29. The molecule has 0 N–H and O–H groups in total. The Hall–Kier alpha value is -2.22. The van der Waals surface area contributed by atoms with E-state index in [9.17, 15) is 21.6 Å². The molecule has 0 aliphatic heterocycles. The van der Waals surface area contributed by atoms with Gasteiger partial charge in [0.2, 0.25) is 10.0 Å². The fourth-order valence-corrected chi connectivity index (χ4v) is 3.05. The van der Waals surface area contributed by atoms with Crippen LogP contribution in [0.3, 0.4) is 0 Å². The molecule has 24 heavy (non-hydrogen) atoms. The quantitative estimate of drug-likeness (QED) is 0.818. The summed E-state index contributed by atoms with van der Waals surface area (Å²) in [7, 11) is -2.19. The fraction of sp³-hybridized carbons (Fsp3) is 0.250. The summed E-state index contributed by atoms with van der Waals surface area (Å²) in [5.41, 5.74) is -0.232. The van der Waals surface area contributed by atoms with Gasteiger partial charge >= 0.3 is 6.18 Å². The van der Waals surface area contributed by atoms with Crippen molar-refractivity contribution in [3.8, 4) is 5.75 Å². The van der Waals surface area contributed by atoms with Crippen molar-refractivity contribution in [2.45, 2.75) is 12.7 Å². The van der Waals surface area contributed by atoms with Gasteiger partial charge in [-0.2, -0.15) is 13.2 Å². The Balaban J connectivity index is 2.37. The lowest BCUT2D eigenvalue weighted by atomic mass is 10.1. The molecule has 4 nitrogen and oxygen atoms in total. The summed E-state index contributed by atoms with van der Waals surface area (Å²) in [6, 6.07) is 10.8. The van der Waals surface area contributed by atoms with Crippen LogP contribution in [0.2, 0.25) is 0 Å². The highest BCUT2D eigenvalue weighted by Gasteiger charge is 2.30. The van der Waals surface area contributed by atoms with Crippen molar-refractivity contribution in [1.29, 1.82) is 0 Å². The van der Waals surface area contributed by atoms with Crippen molar-refractivity contribution in [3.05, 3.63) is 59.7 Å². The Morgan fingerprint density at radius 1 is 1.08 bits per heavy atom. The van der Waals surface area contributed by atoms with E-state index in [1.807, 2.05) is 0 Å². The zero-order chi connectivity index (χ0) is 18.0. The number of methoxy groups -OCH3 is 1. The van der Waals surface area contributed by atoms with E-state index in [1.54, 1.807) is 12.1 Å². The van der Waals surface area contributed by atoms with Crippen molar-refractivity contribution in [2.75, 3.05) is 17.7 Å². The third kappa shape index (κ3) is 4.41. The summed E-state index contributed by atoms with van der Waals surface area (Å²) in [6.07, 6.45) is -3.48. The van der Waals surface area contributed by atoms with Crippen molar-refractivity contribution in [3.63, 3.8) is 0 Å². The maximum Gasteiger partial charge on any atom is 0.416 e. The van der Waals surface area contributed by atoms with Gasteiger partial charge in [0.05, 0.1) is 31.2 Å². The summed E-state index contributed by atoms with van der Waals surface area (Å²) < 4.78 is 68.5. The normalized spacial score (nSPS) is 12.0. The molecule has 0 amide bonds. The SMILES string of the molecule is COc1ccc(N(Cc2cccc(C(F)(F)F)c2)S(C)(=O)=O)cc1. The van der Waals surface area contributed by atoms with Crippen LogP contribution in [-0.2, 0) is 22.7 Å². The number of anilines is 1. The number of benzene rings is 2. The predicted molar refractivity (Wildman–Crippen MR) is 85.5 cm³/mol. The second-order valence-electron chi connectivity index (χ2n) is 5.17. The Morgan fingerprint density at radius 2 is 1.71 bits per heavy atom. The summed E-state index contributed by atoms with van der Waals surface area (Å²) in [6.45, 7) is -0.199. The van der Waals surface area contributed by atoms with Crippen LogP contribution in [-0.4, -0.2) is 21.8 Å². The number of alkyl halides is 3. The van der Waals surface area contributed by atoms with Gasteiger partial charge in [-0.25, -0.2) is 8.42 Å². The molecule has 0 saturated carbocycles. The first-order valence-electron chi connectivity index (χ1n) is 6.89. The highest BCUT2D eigenvalue weighted by Crippen LogP contribution is 2.30. The number of sulfonamides is 1. The molecule has 0 aliphatic rings. The van der Waals surface area contributed by atoms with E-state index < -0.39 is 21.8 Å². The van der Waals surface area contributed by atoms with Gasteiger partial charge < -0.3 is 4.74 Å². The van der Waals surface area contributed by atoms with Gasteiger partial charge in [0.25, 0.3) is 0 Å². The number of ether oxygens (including phenoxy) is 1. The monoisotopic (exact) mass is 359 g/mol. The molecule has 0 spiro atoms. The van der Waals surface area contributed by atoms with Crippen LogP contribution in [0.5, 0.6) is 5.75 Å². The average molecular weight is 359 g/mol. The minimum atomic E-state index is -4.48. The molecule has 130 valence electrons. The maximum atomic E-state index is 12.8. The molecule has 2 aromatic rings. The molecular formula is C16H16F3NO3S. The first kappa shape index (κ1) is 18.1. The fourth-order valence-electron chi connectivity index (χ4n) is 2.16. The van der Waals surface area contributed by atoms with Gasteiger partial charge in [-0.15, -0.1) is 0 Å². The van der Waals surface area contributed by atoms with Gasteiger partial charge in [-0.1, -0.05) is 12.1 Å². The van der Waals surface area contributed by atoms with Gasteiger partial charge in [0.15, 0.2) is 0 Å². The smallest absolute Gasteiger partial charge is 0.416 e. The topological polar surface area (TPSA) is 46.6 Å². The third-order valence-electron chi connectivity index (χ3n) is 3.34. The van der Waals surface area contributed by atoms with Crippen molar-refractivity contribution >= 4 is 15.7 Å². The van der Waals surface area contributed by atoms with E-state index in [4.69, 9.17) is 4.74 Å². The van der Waals surface area contributed by atoms with Crippen molar-refractivity contribution in [1.82, 2.24) is 0 Å². The zero-order valence-electron chi connectivity index (χ0n) is 13.0. The third-order valence-corrected chi connectivity index (χ3v) is 4.48. The molecule has 0 bridgehead atoms. The summed E-state index contributed by atoms with van der Waals surface area (Å²) >= 11 is 0. The molecule has 0 aromatic heterocycles. The Labute approximate surface area is 138 Å². The highest BCUT2D eigenvalue weighted by atomic mass is 32.2. The second-order valence-corrected chi connectivity index (χ2v) is 7.07. The van der Waals surface area contributed by atoms with E-state index >= 15 is 0 Å². The predicted octanol–water partition coefficient (Wildman–Crippen LogP) is 3.68. The van der Waals surface area contributed by atoms with Gasteiger partial charge in [-0.05, 0) is 42.0 Å². The minimum absolute atomic E-state index is 0.199. The number of nitrogens with zero attached hydrogens (tertiary/aromatic N) is 1. The summed E-state index contributed by atoms with van der Waals surface area (Å²) in [5.74, 6) is 0.547. The number of halogens is 3. The molecule has 0 unspecified atom stereocenters. The largest absolute Gasteiger partial charge is 0.497 e. The molecule has 0 radical (unpaired) electrons. The van der Waals surface area contributed by atoms with Crippen LogP contribution in [0.1, 0.15) is 11.1 Å². The molecular weight excluding hydrogens is 343 g/mol. The second kappa shape index (κ2) is 6.72. The van der Waals surface area contributed by atoms with Gasteiger partial charge in [0.1, 0.15) is 5.75 Å². The highest BCUT2D eigenvalue weighted by molar-refractivity contribution is 7.92. The van der Waals surface area contributed by atoms with Crippen LogP contribution < -0.4 is 9.04 Å². The molecule has 0 atom stereocenters. The van der Waals surface area contributed by atoms with E-state index in [0.29, 0.717) is 11.4 Å². The van der Waals surface area contributed by atoms with E-state index in [0.717, 1.165) is 22.7 Å². The van der Waals surface area contributed by atoms with Gasteiger partial charge in [0, 0.05) is 0 Å². The van der Waals surface area contributed by atoms with Crippen molar-refractivity contribution in [2.24, 2.45) is 0 Å². The molecule has 0 saturated heterocycles.